The van der Waals surface area contributed by atoms with Crippen LogP contribution in [0, 0.1) is 0 Å². The maximum Gasteiger partial charge on any atom is 0.219 e. The van der Waals surface area contributed by atoms with Gasteiger partial charge in [0.05, 0.1) is 11.9 Å². The summed E-state index contributed by atoms with van der Waals surface area (Å²) in [5, 5.41) is 4.16. The van der Waals surface area contributed by atoms with Crippen LogP contribution in [0.5, 0.6) is 0 Å². The summed E-state index contributed by atoms with van der Waals surface area (Å²) in [7, 11) is 3.54. The predicted molar refractivity (Wildman–Crippen MR) is 104 cm³/mol. The first-order valence-electron chi connectivity index (χ1n) is 8.74. The minimum Gasteiger partial charge on any atom is -0.395 e. The molecule has 140 valence electrons. The molecule has 1 aliphatic heterocycles. The van der Waals surface area contributed by atoms with Gasteiger partial charge in [-0.25, -0.2) is 0 Å². The smallest absolute Gasteiger partial charge is 0.219 e. The van der Waals surface area contributed by atoms with E-state index in [0.717, 1.165) is 16.8 Å². The molecule has 1 fully saturated rings. The average molecular weight is 365 g/mol. The minimum absolute atomic E-state index is 0.0382. The minimum atomic E-state index is -0.255. The van der Waals surface area contributed by atoms with Gasteiger partial charge in [0, 0.05) is 69.1 Å². The molecule has 7 heteroatoms. The first-order valence-corrected chi connectivity index (χ1v) is 8.74. The molecule has 0 atom stereocenters. The van der Waals surface area contributed by atoms with E-state index in [-0.39, 0.29) is 17.4 Å². The molecular formula is C20H23N5O2. The summed E-state index contributed by atoms with van der Waals surface area (Å²) in [6, 6.07) is 7.26. The number of Topliss-reactive ketones (excluding diaryl/α,β-unsaturated/α-hetero) is 1. The van der Waals surface area contributed by atoms with Gasteiger partial charge in [0.15, 0.2) is 0 Å². The SMILES string of the molecule is CN=C1CCN(C(C)=O)CC1=C(N)C(=O)c1ccc(-c2cnn(C)c2)cc1. The zero-order chi connectivity index (χ0) is 19.6. The van der Waals surface area contributed by atoms with Crippen LogP contribution >= 0.6 is 0 Å². The standard InChI is InChI=1S/C20H23N5O2/c1-13(26)25-9-8-18(22-2)17(12-25)19(21)20(27)15-6-4-14(5-7-15)16-10-23-24(3)11-16/h4-7,10-11H,8-9,12,21H2,1-3H3. The molecule has 2 heterocycles. The molecule has 0 unspecified atom stereocenters. The fraction of sp³-hybridized carbons (Fsp3) is 0.300. The van der Waals surface area contributed by atoms with E-state index < -0.39 is 0 Å². The Hall–Kier alpha value is -3.22. The molecule has 0 bridgehead atoms. The van der Waals surface area contributed by atoms with Crippen molar-refractivity contribution in [2.24, 2.45) is 17.8 Å². The van der Waals surface area contributed by atoms with Crippen molar-refractivity contribution in [1.29, 1.82) is 0 Å². The molecular weight excluding hydrogens is 342 g/mol. The van der Waals surface area contributed by atoms with Gasteiger partial charge in [-0.3, -0.25) is 19.3 Å². The van der Waals surface area contributed by atoms with Gasteiger partial charge in [-0.1, -0.05) is 24.3 Å². The maximum absolute atomic E-state index is 12.9. The summed E-state index contributed by atoms with van der Waals surface area (Å²) in [4.78, 5) is 30.5. The molecule has 1 aliphatic rings. The lowest BCUT2D eigenvalue weighted by Gasteiger charge is -2.29. The quantitative estimate of drug-likeness (QED) is 0.663. The second kappa shape index (κ2) is 7.57. The van der Waals surface area contributed by atoms with Gasteiger partial charge in [0.25, 0.3) is 0 Å². The molecule has 0 spiro atoms. The number of benzene rings is 1. The molecule has 2 N–H and O–H groups in total. The number of hydrogen-bond donors (Lipinski definition) is 1. The molecule has 1 amide bonds. The van der Waals surface area contributed by atoms with Crippen LogP contribution in [0.4, 0.5) is 0 Å². The number of piperidine rings is 1. The van der Waals surface area contributed by atoms with Crippen molar-refractivity contribution in [3.63, 3.8) is 0 Å². The molecule has 7 nitrogen and oxygen atoms in total. The van der Waals surface area contributed by atoms with Crippen LogP contribution in [-0.4, -0.2) is 52.2 Å². The van der Waals surface area contributed by atoms with Gasteiger partial charge in [-0.05, 0) is 5.56 Å². The normalized spacial score (nSPS) is 17.9. The van der Waals surface area contributed by atoms with Crippen LogP contribution in [0.3, 0.4) is 0 Å². The summed E-state index contributed by atoms with van der Waals surface area (Å²) in [6.45, 7) is 2.42. The zero-order valence-electron chi connectivity index (χ0n) is 15.8. The van der Waals surface area contributed by atoms with Crippen LogP contribution in [0.15, 0.2) is 52.9 Å². The number of carbonyl (C=O) groups excluding carboxylic acids is 2. The molecule has 0 saturated carbocycles. The zero-order valence-corrected chi connectivity index (χ0v) is 15.8. The van der Waals surface area contributed by atoms with Crippen molar-refractivity contribution in [1.82, 2.24) is 14.7 Å². The fourth-order valence-corrected chi connectivity index (χ4v) is 3.19. The number of aryl methyl sites for hydroxylation is 1. The number of nitrogens with two attached hydrogens (primary N) is 1. The third-order valence-corrected chi connectivity index (χ3v) is 4.79. The molecule has 27 heavy (non-hydrogen) atoms. The van der Waals surface area contributed by atoms with E-state index in [9.17, 15) is 9.59 Å². The highest BCUT2D eigenvalue weighted by molar-refractivity contribution is 6.15. The number of aromatic nitrogens is 2. The predicted octanol–water partition coefficient (Wildman–Crippen LogP) is 1.81. The van der Waals surface area contributed by atoms with Crippen LogP contribution < -0.4 is 5.73 Å². The first-order chi connectivity index (χ1) is 12.9. The number of likely N-dealkylation sites (tertiary alicyclic amines) is 1. The number of rotatable bonds is 3. The lowest BCUT2D eigenvalue weighted by atomic mass is 9.95. The van der Waals surface area contributed by atoms with Crippen molar-refractivity contribution >= 4 is 17.4 Å². The van der Waals surface area contributed by atoms with Crippen molar-refractivity contribution in [2.45, 2.75) is 13.3 Å². The van der Waals surface area contributed by atoms with Crippen LogP contribution in [0.1, 0.15) is 23.7 Å². The molecule has 0 radical (unpaired) electrons. The third-order valence-electron chi connectivity index (χ3n) is 4.79. The van der Waals surface area contributed by atoms with E-state index >= 15 is 0 Å². The van der Waals surface area contributed by atoms with Crippen molar-refractivity contribution in [2.75, 3.05) is 20.1 Å². The van der Waals surface area contributed by atoms with E-state index in [4.69, 9.17) is 5.73 Å². The Bertz CT molecular complexity index is 938. The highest BCUT2D eigenvalue weighted by atomic mass is 16.2. The van der Waals surface area contributed by atoms with Crippen molar-refractivity contribution in [3.8, 4) is 11.1 Å². The van der Waals surface area contributed by atoms with E-state index in [2.05, 4.69) is 10.1 Å². The molecule has 0 aliphatic carbocycles. The monoisotopic (exact) mass is 365 g/mol. The van der Waals surface area contributed by atoms with Gasteiger partial charge in [-0.15, -0.1) is 0 Å². The Morgan fingerprint density at radius 2 is 1.89 bits per heavy atom. The van der Waals surface area contributed by atoms with Gasteiger partial charge in [0.2, 0.25) is 11.7 Å². The molecule has 1 aromatic heterocycles. The highest BCUT2D eigenvalue weighted by Crippen LogP contribution is 2.21. The van der Waals surface area contributed by atoms with Gasteiger partial charge < -0.3 is 10.6 Å². The van der Waals surface area contributed by atoms with E-state index in [1.165, 1.54) is 6.92 Å². The summed E-state index contributed by atoms with van der Waals surface area (Å²) < 4.78 is 1.73. The van der Waals surface area contributed by atoms with Gasteiger partial charge in [-0.2, -0.15) is 5.10 Å². The molecule has 3 rings (SSSR count). The van der Waals surface area contributed by atoms with E-state index in [1.54, 1.807) is 35.0 Å². The lowest BCUT2D eigenvalue weighted by molar-refractivity contribution is -0.128. The second-order valence-corrected chi connectivity index (χ2v) is 6.56. The number of aliphatic imine (C=N–C) groups is 1. The molecule has 1 aromatic carbocycles. The van der Waals surface area contributed by atoms with Crippen LogP contribution in [-0.2, 0) is 11.8 Å². The van der Waals surface area contributed by atoms with Gasteiger partial charge >= 0.3 is 0 Å². The number of allylic oxidation sites excluding steroid dienone is 1. The number of amides is 1. The Labute approximate surface area is 158 Å². The highest BCUT2D eigenvalue weighted by Gasteiger charge is 2.26. The Kier molecular flexibility index (Phi) is 5.21. The van der Waals surface area contributed by atoms with E-state index in [0.29, 0.717) is 30.6 Å². The lowest BCUT2D eigenvalue weighted by Crippen LogP contribution is -2.40. The topological polar surface area (TPSA) is 93.6 Å². The largest absolute Gasteiger partial charge is 0.395 e. The number of nitrogens with zero attached hydrogens (tertiary/aromatic N) is 4. The number of ketones is 1. The van der Waals surface area contributed by atoms with E-state index in [1.807, 2.05) is 25.4 Å². The van der Waals surface area contributed by atoms with Crippen molar-refractivity contribution in [3.05, 3.63) is 53.5 Å². The molecule has 2 aromatic rings. The van der Waals surface area contributed by atoms with Gasteiger partial charge in [0.1, 0.15) is 0 Å². The number of carbonyl (C=O) groups is 2. The third kappa shape index (κ3) is 3.81. The van der Waals surface area contributed by atoms with Crippen LogP contribution in [0.2, 0.25) is 0 Å². The Balaban J connectivity index is 1.89. The summed E-state index contributed by atoms with van der Waals surface area (Å²) in [5.74, 6) is -0.294. The first kappa shape index (κ1) is 18.6. The Morgan fingerprint density at radius 3 is 2.44 bits per heavy atom. The number of hydrogen-bond acceptors (Lipinski definition) is 5. The second-order valence-electron chi connectivity index (χ2n) is 6.56. The summed E-state index contributed by atoms with van der Waals surface area (Å²) >= 11 is 0. The fourth-order valence-electron chi connectivity index (χ4n) is 3.19. The van der Waals surface area contributed by atoms with Crippen LogP contribution in [0.25, 0.3) is 11.1 Å². The molecule has 1 saturated heterocycles. The average Bonchev–Trinajstić information content (AvgIpc) is 3.12. The maximum atomic E-state index is 12.9. The summed E-state index contributed by atoms with van der Waals surface area (Å²) in [5.41, 5.74) is 10.2. The van der Waals surface area contributed by atoms with Crippen molar-refractivity contribution < 1.29 is 9.59 Å². The summed E-state index contributed by atoms with van der Waals surface area (Å²) in [6.07, 6.45) is 4.28. The Morgan fingerprint density at radius 1 is 1.19 bits per heavy atom.